The molecule has 0 bridgehead atoms. The van der Waals surface area contributed by atoms with Crippen molar-refractivity contribution in [2.75, 3.05) is 0 Å². The molecule has 3 heteroatoms. The van der Waals surface area contributed by atoms with Crippen molar-refractivity contribution < 1.29 is 13.9 Å². The predicted molar refractivity (Wildman–Crippen MR) is 14.3 cm³/mol. The Morgan fingerprint density at radius 2 is 1.80 bits per heavy atom. The van der Waals surface area contributed by atoms with E-state index in [0.29, 0.717) is 0 Å². The Morgan fingerprint density at radius 1 is 1.80 bits per heavy atom. The zero-order valence-corrected chi connectivity index (χ0v) is 2.69. The van der Waals surface area contributed by atoms with Gasteiger partial charge in [-0.3, -0.25) is 9.50 Å². The van der Waals surface area contributed by atoms with E-state index in [1.54, 1.807) is 0 Å². The largest absolute Gasteiger partial charge is 0.298 e. The van der Waals surface area contributed by atoms with Crippen molar-refractivity contribution in [1.82, 2.24) is 0 Å². The van der Waals surface area contributed by atoms with Crippen molar-refractivity contribution in [2.24, 2.45) is 0 Å². The summed E-state index contributed by atoms with van der Waals surface area (Å²) in [6, 6.07) is -1.33. The molecular formula is C2H4F2O. The first kappa shape index (κ1) is 8.82. The first-order chi connectivity index (χ1) is 1.73. The lowest BCUT2D eigenvalue weighted by atomic mass is 10.9. The molecule has 0 aromatic heterocycles. The van der Waals surface area contributed by atoms with Crippen molar-refractivity contribution in [3.8, 4) is 0 Å². The number of hydrogen-bond donors (Lipinski definition) is 0. The zero-order chi connectivity index (χ0) is 3.58. The Bertz CT molecular complexity index is 30.6. The number of hydrogen-bond acceptors (Lipinski definition) is 1. The quantitative estimate of drug-likeness (QED) is 0.392. The SMILES string of the molecule is CC(=O)F.F. The minimum Gasteiger partial charge on any atom is -0.269 e. The van der Waals surface area contributed by atoms with Crippen LogP contribution >= 0.6 is 0 Å². The summed E-state index contributed by atoms with van der Waals surface area (Å²) in [5.41, 5.74) is 0. The molecule has 0 rings (SSSR count). The molecule has 5 heavy (non-hydrogen) atoms. The summed E-state index contributed by atoms with van der Waals surface area (Å²) in [6.07, 6.45) is 0. The van der Waals surface area contributed by atoms with Crippen LogP contribution in [-0.2, 0) is 4.79 Å². The van der Waals surface area contributed by atoms with Gasteiger partial charge in [-0.25, -0.2) is 0 Å². The van der Waals surface area contributed by atoms with E-state index >= 15 is 0 Å². The fraction of sp³-hybridized carbons (Fsp3) is 0.500. The summed E-state index contributed by atoms with van der Waals surface area (Å²) < 4.78 is 10.4. The molecule has 0 N–H and O–H groups in total. The van der Waals surface area contributed by atoms with E-state index in [0.717, 1.165) is 6.92 Å². The molecule has 0 unspecified atom stereocenters. The third-order valence-electron chi connectivity index (χ3n) is 0. The summed E-state index contributed by atoms with van der Waals surface area (Å²) in [6.45, 7) is 0.861. The predicted octanol–water partition coefficient (Wildman–Crippen LogP) is 0.655. The van der Waals surface area contributed by atoms with E-state index in [2.05, 4.69) is 0 Å². The van der Waals surface area contributed by atoms with E-state index in [4.69, 9.17) is 4.79 Å². The molecule has 0 saturated heterocycles. The lowest BCUT2D eigenvalue weighted by Gasteiger charge is -1.50. The molecular weight excluding hydrogens is 78.0 g/mol. The van der Waals surface area contributed by atoms with Gasteiger partial charge in [0.15, 0.2) is 0 Å². The van der Waals surface area contributed by atoms with E-state index in [1.165, 1.54) is 0 Å². The van der Waals surface area contributed by atoms with Gasteiger partial charge in [-0.05, 0) is 0 Å². The van der Waals surface area contributed by atoms with Crippen LogP contribution in [0, 0.1) is 0 Å². The van der Waals surface area contributed by atoms with E-state index in [9.17, 15) is 4.39 Å². The summed E-state index contributed by atoms with van der Waals surface area (Å²) >= 11 is 0. The second-order valence-electron chi connectivity index (χ2n) is 0.470. The van der Waals surface area contributed by atoms with Gasteiger partial charge in [0.05, 0.1) is 0 Å². The maximum atomic E-state index is 10.4. The lowest BCUT2D eigenvalue weighted by Crippen LogP contribution is -1.65. The summed E-state index contributed by atoms with van der Waals surface area (Å²) in [4.78, 5) is 8.78. The van der Waals surface area contributed by atoms with Crippen molar-refractivity contribution in [1.29, 1.82) is 0 Å². The first-order valence-corrected chi connectivity index (χ1v) is 0.893. The summed E-state index contributed by atoms with van der Waals surface area (Å²) in [5, 5.41) is 0. The van der Waals surface area contributed by atoms with Gasteiger partial charge in [-0.1, -0.05) is 0 Å². The average molecular weight is 82.0 g/mol. The maximum Gasteiger partial charge on any atom is 0.298 e. The third kappa shape index (κ3) is 37.4. The van der Waals surface area contributed by atoms with E-state index in [-0.39, 0.29) is 4.70 Å². The van der Waals surface area contributed by atoms with Crippen molar-refractivity contribution >= 4 is 6.04 Å². The van der Waals surface area contributed by atoms with Gasteiger partial charge >= 0.3 is 0 Å². The van der Waals surface area contributed by atoms with Crippen molar-refractivity contribution in [2.45, 2.75) is 6.92 Å². The normalized spacial score (nSPS) is 5.20. The fourth-order valence-corrected chi connectivity index (χ4v) is 0. The highest BCUT2D eigenvalue weighted by atomic mass is 19.1. The van der Waals surface area contributed by atoms with Gasteiger partial charge in [-0.2, -0.15) is 4.39 Å². The van der Waals surface area contributed by atoms with Gasteiger partial charge in [0.1, 0.15) is 0 Å². The summed E-state index contributed by atoms with van der Waals surface area (Å²) in [5.74, 6) is 0. The molecule has 0 radical (unpaired) electrons. The Hall–Kier alpha value is -0.470. The minimum atomic E-state index is -1.33. The Morgan fingerprint density at radius 3 is 1.80 bits per heavy atom. The van der Waals surface area contributed by atoms with Crippen LogP contribution in [-0.4, -0.2) is 6.04 Å². The molecule has 0 saturated carbocycles. The average Bonchev–Trinajstić information content (AvgIpc) is 0.811. The molecule has 0 fully saturated rings. The Balaban J connectivity index is 0. The molecule has 1 nitrogen and oxygen atoms in total. The van der Waals surface area contributed by atoms with Gasteiger partial charge in [0, 0.05) is 6.92 Å². The van der Waals surface area contributed by atoms with Gasteiger partial charge < -0.3 is 0 Å². The second kappa shape index (κ2) is 3.53. The van der Waals surface area contributed by atoms with E-state index in [1.807, 2.05) is 0 Å². The molecule has 0 spiro atoms. The standard InChI is InChI=1S/C2H3FO.FH/c1-2(3)4;/h1H3;1H. The highest BCUT2D eigenvalue weighted by Crippen LogP contribution is 1.58. The highest BCUT2D eigenvalue weighted by molar-refractivity contribution is 5.64. The van der Waals surface area contributed by atoms with Crippen LogP contribution in [0.2, 0.25) is 0 Å². The molecule has 0 aliphatic rings. The Kier molecular flexibility index (Phi) is 6.23. The van der Waals surface area contributed by atoms with Crippen LogP contribution < -0.4 is 0 Å². The molecule has 0 aromatic rings. The number of carbonyl (C=O) groups excluding carboxylic acids is 1. The topological polar surface area (TPSA) is 17.1 Å². The Labute approximate surface area is 28.2 Å². The lowest BCUT2D eigenvalue weighted by molar-refractivity contribution is -0.126. The highest BCUT2D eigenvalue weighted by Gasteiger charge is 1.69. The fourth-order valence-electron chi connectivity index (χ4n) is 0. The molecule has 0 aliphatic heterocycles. The van der Waals surface area contributed by atoms with Crippen LogP contribution in [0.1, 0.15) is 6.92 Å². The molecule has 0 aliphatic carbocycles. The monoisotopic (exact) mass is 82.0 g/mol. The van der Waals surface area contributed by atoms with Crippen molar-refractivity contribution in [3.05, 3.63) is 0 Å². The van der Waals surface area contributed by atoms with Gasteiger partial charge in [-0.15, -0.1) is 0 Å². The van der Waals surface area contributed by atoms with Crippen LogP contribution in [0.15, 0.2) is 0 Å². The van der Waals surface area contributed by atoms with Crippen LogP contribution in [0.25, 0.3) is 0 Å². The number of carbonyl (C=O) groups is 1. The number of halogens is 2. The molecule has 0 atom stereocenters. The van der Waals surface area contributed by atoms with Crippen LogP contribution in [0.3, 0.4) is 0 Å². The van der Waals surface area contributed by atoms with Gasteiger partial charge in [0.2, 0.25) is 0 Å². The number of rotatable bonds is 0. The first-order valence-electron chi connectivity index (χ1n) is 0.893. The minimum absolute atomic E-state index is 0. The molecule has 0 aromatic carbocycles. The zero-order valence-electron chi connectivity index (χ0n) is 2.69. The van der Waals surface area contributed by atoms with Gasteiger partial charge in [0.25, 0.3) is 6.04 Å². The van der Waals surface area contributed by atoms with Crippen LogP contribution in [0.4, 0.5) is 9.09 Å². The smallest absolute Gasteiger partial charge is 0.269 e. The molecule has 32 valence electrons. The second-order valence-corrected chi connectivity index (χ2v) is 0.470. The third-order valence-corrected chi connectivity index (χ3v) is 0. The van der Waals surface area contributed by atoms with Crippen molar-refractivity contribution in [3.63, 3.8) is 0 Å². The van der Waals surface area contributed by atoms with Crippen LogP contribution in [0.5, 0.6) is 0 Å². The molecule has 0 heterocycles. The van der Waals surface area contributed by atoms with E-state index < -0.39 is 6.04 Å². The maximum absolute atomic E-state index is 10.4. The summed E-state index contributed by atoms with van der Waals surface area (Å²) in [7, 11) is 0. The molecule has 0 amide bonds.